The molecule has 9 heteroatoms. The lowest BCUT2D eigenvalue weighted by Crippen LogP contribution is -2.21. The van der Waals surface area contributed by atoms with E-state index >= 15 is 0 Å². The zero-order valence-electron chi connectivity index (χ0n) is 10.3. The number of nitrogens with one attached hydrogen (secondary N) is 1. The SMILES string of the molecule is NCCO.O=C(O)C(=O)Nc1nc(-c2cccs2)cs1. The molecule has 0 aliphatic heterocycles. The van der Waals surface area contributed by atoms with Crippen molar-refractivity contribution in [3.63, 3.8) is 0 Å². The van der Waals surface area contributed by atoms with E-state index in [1.165, 1.54) is 22.7 Å². The third-order valence-electron chi connectivity index (χ3n) is 1.82. The highest BCUT2D eigenvalue weighted by molar-refractivity contribution is 7.16. The molecule has 0 fully saturated rings. The predicted molar refractivity (Wildman–Crippen MR) is 77.8 cm³/mol. The minimum absolute atomic E-state index is 0.0972. The summed E-state index contributed by atoms with van der Waals surface area (Å²) in [6, 6.07) is 3.80. The largest absolute Gasteiger partial charge is 0.474 e. The number of carboxylic acids is 1. The number of aliphatic hydroxyl groups excluding tert-OH is 1. The zero-order valence-corrected chi connectivity index (χ0v) is 11.9. The Bertz CT molecular complexity index is 552. The molecule has 5 N–H and O–H groups in total. The molecule has 2 rings (SSSR count). The van der Waals surface area contributed by atoms with Crippen LogP contribution in [0.2, 0.25) is 0 Å². The number of hydrogen-bond acceptors (Lipinski definition) is 7. The minimum atomic E-state index is -1.52. The van der Waals surface area contributed by atoms with Crippen molar-refractivity contribution in [1.82, 2.24) is 4.98 Å². The number of anilines is 1. The van der Waals surface area contributed by atoms with E-state index in [2.05, 4.69) is 10.3 Å². The van der Waals surface area contributed by atoms with Crippen molar-refractivity contribution in [1.29, 1.82) is 0 Å². The normalized spacial score (nSPS) is 9.50. The first-order valence-corrected chi connectivity index (χ1v) is 7.19. The smallest absolute Gasteiger partial charge is 0.394 e. The predicted octanol–water partition coefficient (Wildman–Crippen LogP) is 0.832. The van der Waals surface area contributed by atoms with Gasteiger partial charge in [-0.3, -0.25) is 10.1 Å². The Hall–Kier alpha value is -1.81. The number of nitrogens with zero attached hydrogens (tertiary/aromatic N) is 1. The molecule has 20 heavy (non-hydrogen) atoms. The third-order valence-corrected chi connectivity index (χ3v) is 3.47. The minimum Gasteiger partial charge on any atom is -0.474 e. The van der Waals surface area contributed by atoms with E-state index in [9.17, 15) is 9.59 Å². The van der Waals surface area contributed by atoms with Gasteiger partial charge in [-0.15, -0.1) is 22.7 Å². The Balaban J connectivity index is 0.000000444. The van der Waals surface area contributed by atoms with Crippen molar-refractivity contribution in [3.8, 4) is 10.6 Å². The second kappa shape index (κ2) is 8.38. The van der Waals surface area contributed by atoms with Crippen molar-refractivity contribution in [2.24, 2.45) is 5.73 Å². The van der Waals surface area contributed by atoms with Gasteiger partial charge >= 0.3 is 11.9 Å². The number of amides is 1. The maximum atomic E-state index is 10.9. The van der Waals surface area contributed by atoms with Crippen LogP contribution < -0.4 is 11.1 Å². The number of thiophene rings is 1. The fourth-order valence-electron chi connectivity index (χ4n) is 1.02. The van der Waals surface area contributed by atoms with E-state index in [0.717, 1.165) is 10.6 Å². The van der Waals surface area contributed by atoms with Gasteiger partial charge in [-0.2, -0.15) is 0 Å². The Labute approximate surface area is 122 Å². The van der Waals surface area contributed by atoms with Crippen LogP contribution >= 0.6 is 22.7 Å². The lowest BCUT2D eigenvalue weighted by Gasteiger charge is -1.94. The number of nitrogens with two attached hydrogens (primary N) is 1. The van der Waals surface area contributed by atoms with Crippen LogP contribution in [-0.4, -0.2) is 40.2 Å². The van der Waals surface area contributed by atoms with Crippen LogP contribution in [0.5, 0.6) is 0 Å². The van der Waals surface area contributed by atoms with Crippen molar-refractivity contribution < 1.29 is 19.8 Å². The number of carbonyl (C=O) groups excluding carboxylic acids is 1. The number of carboxylic acid groups (broad SMARTS) is 1. The molecule has 0 aliphatic rings. The van der Waals surface area contributed by atoms with Crippen LogP contribution in [0.3, 0.4) is 0 Å². The maximum absolute atomic E-state index is 10.9. The summed E-state index contributed by atoms with van der Waals surface area (Å²) in [6.07, 6.45) is 0. The maximum Gasteiger partial charge on any atom is 0.394 e. The van der Waals surface area contributed by atoms with Crippen LogP contribution in [0.25, 0.3) is 10.6 Å². The van der Waals surface area contributed by atoms with Crippen molar-refractivity contribution >= 4 is 39.7 Å². The van der Waals surface area contributed by atoms with Crippen LogP contribution in [-0.2, 0) is 9.59 Å². The van der Waals surface area contributed by atoms with Crippen LogP contribution in [0, 0.1) is 0 Å². The number of hydrogen-bond donors (Lipinski definition) is 4. The van der Waals surface area contributed by atoms with Gasteiger partial charge in [0.05, 0.1) is 17.2 Å². The first-order valence-electron chi connectivity index (χ1n) is 5.43. The van der Waals surface area contributed by atoms with Gasteiger partial charge in [0.1, 0.15) is 0 Å². The summed E-state index contributed by atoms with van der Waals surface area (Å²) in [5, 5.41) is 22.3. The summed E-state index contributed by atoms with van der Waals surface area (Å²) in [5.41, 5.74) is 5.51. The van der Waals surface area contributed by atoms with Crippen LogP contribution in [0.15, 0.2) is 22.9 Å². The summed E-state index contributed by atoms with van der Waals surface area (Å²) in [7, 11) is 0. The van der Waals surface area contributed by atoms with Gasteiger partial charge in [0.15, 0.2) is 5.13 Å². The number of carbonyl (C=O) groups is 2. The molecule has 7 nitrogen and oxygen atoms in total. The molecule has 0 atom stereocenters. The summed E-state index contributed by atoms with van der Waals surface area (Å²) >= 11 is 2.72. The molecule has 0 aliphatic carbocycles. The Morgan fingerprint density at radius 2 is 2.10 bits per heavy atom. The molecular formula is C11H13N3O4S2. The molecule has 0 aromatic carbocycles. The van der Waals surface area contributed by atoms with Crippen molar-refractivity contribution in [2.45, 2.75) is 0 Å². The van der Waals surface area contributed by atoms with Crippen molar-refractivity contribution in [2.75, 3.05) is 18.5 Å². The monoisotopic (exact) mass is 315 g/mol. The first-order chi connectivity index (χ1) is 9.58. The second-order valence-electron chi connectivity index (χ2n) is 3.29. The van der Waals surface area contributed by atoms with Gasteiger partial charge in [-0.25, -0.2) is 9.78 Å². The third kappa shape index (κ3) is 5.05. The molecule has 0 saturated carbocycles. The number of aliphatic carboxylic acids is 1. The van der Waals surface area contributed by atoms with Crippen LogP contribution in [0.4, 0.5) is 5.13 Å². The molecule has 2 heterocycles. The first kappa shape index (κ1) is 16.2. The molecule has 108 valence electrons. The van der Waals surface area contributed by atoms with Gasteiger partial charge in [0.25, 0.3) is 0 Å². The number of rotatable bonds is 3. The highest BCUT2D eigenvalue weighted by atomic mass is 32.1. The van der Waals surface area contributed by atoms with Gasteiger partial charge in [0.2, 0.25) is 0 Å². The Morgan fingerprint density at radius 1 is 1.40 bits per heavy atom. The topological polar surface area (TPSA) is 126 Å². The molecule has 2 aromatic heterocycles. The van der Waals surface area contributed by atoms with Gasteiger partial charge in [0, 0.05) is 11.9 Å². The fraction of sp³-hybridized carbons (Fsp3) is 0.182. The van der Waals surface area contributed by atoms with Gasteiger partial charge in [-0.1, -0.05) is 6.07 Å². The number of aliphatic hydroxyl groups is 1. The summed E-state index contributed by atoms with van der Waals surface area (Å²) in [5.74, 6) is -2.60. The molecule has 0 saturated heterocycles. The van der Waals surface area contributed by atoms with Gasteiger partial charge < -0.3 is 15.9 Å². The zero-order chi connectivity index (χ0) is 15.0. The van der Waals surface area contributed by atoms with Gasteiger partial charge in [-0.05, 0) is 11.4 Å². The summed E-state index contributed by atoms with van der Waals surface area (Å²) < 4.78 is 0. The van der Waals surface area contributed by atoms with E-state index in [-0.39, 0.29) is 11.7 Å². The number of thiazole rings is 1. The van der Waals surface area contributed by atoms with E-state index in [1.807, 2.05) is 17.5 Å². The Kier molecular flexibility index (Phi) is 6.81. The summed E-state index contributed by atoms with van der Waals surface area (Å²) in [4.78, 5) is 26.3. The average molecular weight is 315 g/mol. The molecule has 0 radical (unpaired) electrons. The average Bonchev–Trinajstić information content (AvgIpc) is 3.09. The standard InChI is InChI=1S/C9H6N2O3S2.C2H7NO/c12-7(8(13)14)11-9-10-5(4-16-9)6-2-1-3-15-6;3-1-2-4/h1-4H,(H,13,14)(H,10,11,12);4H,1-3H2. The second-order valence-corrected chi connectivity index (χ2v) is 5.09. The highest BCUT2D eigenvalue weighted by Gasteiger charge is 2.13. The lowest BCUT2D eigenvalue weighted by molar-refractivity contribution is -0.147. The lowest BCUT2D eigenvalue weighted by atomic mass is 10.4. The Morgan fingerprint density at radius 3 is 2.60 bits per heavy atom. The summed E-state index contributed by atoms with van der Waals surface area (Å²) in [6.45, 7) is 0.472. The van der Waals surface area contributed by atoms with E-state index in [1.54, 1.807) is 5.38 Å². The van der Waals surface area contributed by atoms with Crippen molar-refractivity contribution in [3.05, 3.63) is 22.9 Å². The fourth-order valence-corrected chi connectivity index (χ4v) is 2.49. The molecule has 0 unspecified atom stereocenters. The van der Waals surface area contributed by atoms with E-state index in [4.69, 9.17) is 15.9 Å². The van der Waals surface area contributed by atoms with Crippen LogP contribution in [0.1, 0.15) is 0 Å². The molecule has 0 spiro atoms. The molecule has 1 amide bonds. The van der Waals surface area contributed by atoms with E-state index < -0.39 is 11.9 Å². The number of aromatic nitrogens is 1. The highest BCUT2D eigenvalue weighted by Crippen LogP contribution is 2.28. The quantitative estimate of drug-likeness (QED) is 0.622. The molecule has 0 bridgehead atoms. The van der Waals surface area contributed by atoms with E-state index in [0.29, 0.717) is 6.54 Å². The molecule has 2 aromatic rings. The molecular weight excluding hydrogens is 302 g/mol.